The predicted octanol–water partition coefficient (Wildman–Crippen LogP) is 1.99. The van der Waals surface area contributed by atoms with Crippen LogP contribution in [0.1, 0.15) is 0 Å². The monoisotopic (exact) mass is 198 g/mol. The second-order valence-corrected chi connectivity index (χ2v) is 2.62. The Morgan fingerprint density at radius 1 is 1.50 bits per heavy atom. The molecule has 0 bridgehead atoms. The third kappa shape index (κ3) is 0.806. The first-order valence-corrected chi connectivity index (χ1v) is 3.50. The Hall–Kier alpha value is -0.900. The maximum absolute atomic E-state index is 5.13. The van der Waals surface area contributed by atoms with Gasteiger partial charge in [-0.15, -0.1) is 0 Å². The van der Waals surface area contributed by atoms with Crippen LogP contribution < -0.4 is 0 Å². The van der Waals surface area contributed by atoms with Crippen molar-refractivity contribution >= 4 is 27.0 Å². The Morgan fingerprint density at radius 3 is 3.20 bits per heavy atom. The van der Waals surface area contributed by atoms with E-state index in [1.54, 1.807) is 6.20 Å². The summed E-state index contributed by atoms with van der Waals surface area (Å²) < 4.78 is 5.82. The van der Waals surface area contributed by atoms with Crippen LogP contribution in [0.3, 0.4) is 0 Å². The van der Waals surface area contributed by atoms with E-state index in [9.17, 15) is 0 Å². The van der Waals surface area contributed by atoms with Gasteiger partial charge in [0.2, 0.25) is 5.71 Å². The van der Waals surface area contributed by atoms with Crippen LogP contribution >= 0.6 is 15.9 Å². The molecule has 2 rings (SSSR count). The maximum Gasteiger partial charge on any atom is 0.230 e. The molecule has 0 radical (unpaired) electrons. The van der Waals surface area contributed by atoms with Gasteiger partial charge in [0, 0.05) is 12.3 Å². The average molecular weight is 199 g/mol. The molecule has 3 nitrogen and oxygen atoms in total. The van der Waals surface area contributed by atoms with Crippen molar-refractivity contribution in [2.45, 2.75) is 0 Å². The molecular formula is C6H3BrN2O. The van der Waals surface area contributed by atoms with Crippen LogP contribution in [0.2, 0.25) is 0 Å². The molecule has 4 heteroatoms. The first-order chi connectivity index (χ1) is 4.86. The molecule has 0 fully saturated rings. The zero-order chi connectivity index (χ0) is 6.97. The Labute approximate surface area is 65.2 Å². The molecule has 0 atom stereocenters. The van der Waals surface area contributed by atoms with Crippen molar-refractivity contribution in [1.82, 2.24) is 9.97 Å². The van der Waals surface area contributed by atoms with E-state index < -0.39 is 0 Å². The standard InChI is InChI=1S/C6H3BrN2O/c7-5-1-4-2-8-3-9-6(4)10-5/h1-3H. The molecule has 0 unspecified atom stereocenters. The highest BCUT2D eigenvalue weighted by molar-refractivity contribution is 9.10. The maximum atomic E-state index is 5.13. The molecule has 0 saturated heterocycles. The van der Waals surface area contributed by atoms with Gasteiger partial charge in [0.05, 0.1) is 5.39 Å². The molecule has 0 aromatic carbocycles. The van der Waals surface area contributed by atoms with Crippen molar-refractivity contribution in [3.8, 4) is 0 Å². The number of hydrogen-bond acceptors (Lipinski definition) is 3. The van der Waals surface area contributed by atoms with E-state index in [2.05, 4.69) is 25.9 Å². The predicted molar refractivity (Wildman–Crippen MR) is 39.5 cm³/mol. The third-order valence-electron chi connectivity index (χ3n) is 1.17. The molecule has 10 heavy (non-hydrogen) atoms. The fourth-order valence-corrected chi connectivity index (χ4v) is 1.16. The number of rotatable bonds is 0. The zero-order valence-electron chi connectivity index (χ0n) is 4.91. The summed E-state index contributed by atoms with van der Waals surface area (Å²) in [5.74, 6) is 0. The highest BCUT2D eigenvalue weighted by Crippen LogP contribution is 2.19. The molecule has 0 N–H and O–H groups in total. The normalized spacial score (nSPS) is 10.5. The number of nitrogens with zero attached hydrogens (tertiary/aromatic N) is 2. The van der Waals surface area contributed by atoms with Gasteiger partial charge in [0.1, 0.15) is 6.33 Å². The average Bonchev–Trinajstić information content (AvgIpc) is 2.27. The lowest BCUT2D eigenvalue weighted by molar-refractivity contribution is 0.575. The topological polar surface area (TPSA) is 38.9 Å². The molecule has 0 amide bonds. The molecule has 0 aliphatic carbocycles. The highest BCUT2D eigenvalue weighted by atomic mass is 79.9. The van der Waals surface area contributed by atoms with Crippen molar-refractivity contribution in [3.63, 3.8) is 0 Å². The second-order valence-electron chi connectivity index (χ2n) is 1.83. The first-order valence-electron chi connectivity index (χ1n) is 2.71. The van der Waals surface area contributed by atoms with Crippen LogP contribution in [0, 0.1) is 0 Å². The number of fused-ring (bicyclic) bond motifs is 1. The van der Waals surface area contributed by atoms with Gasteiger partial charge in [-0.3, -0.25) is 0 Å². The van der Waals surface area contributed by atoms with Gasteiger partial charge in [-0.1, -0.05) is 0 Å². The van der Waals surface area contributed by atoms with E-state index in [4.69, 9.17) is 4.42 Å². The van der Waals surface area contributed by atoms with Crippen molar-refractivity contribution in [2.75, 3.05) is 0 Å². The van der Waals surface area contributed by atoms with Crippen molar-refractivity contribution < 1.29 is 4.42 Å². The summed E-state index contributed by atoms with van der Waals surface area (Å²) in [5, 5.41) is 0.911. The van der Waals surface area contributed by atoms with E-state index in [-0.39, 0.29) is 0 Å². The van der Waals surface area contributed by atoms with E-state index >= 15 is 0 Å². The fourth-order valence-electron chi connectivity index (χ4n) is 0.758. The van der Waals surface area contributed by atoms with Gasteiger partial charge in [-0.2, -0.15) is 0 Å². The third-order valence-corrected chi connectivity index (χ3v) is 1.56. The smallest absolute Gasteiger partial charge is 0.230 e. The van der Waals surface area contributed by atoms with Gasteiger partial charge in [-0.25, -0.2) is 9.97 Å². The zero-order valence-corrected chi connectivity index (χ0v) is 6.50. The second kappa shape index (κ2) is 2.05. The lowest BCUT2D eigenvalue weighted by atomic mass is 10.4. The summed E-state index contributed by atoms with van der Waals surface area (Å²) in [5.41, 5.74) is 0.613. The summed E-state index contributed by atoms with van der Waals surface area (Å²) in [4.78, 5) is 7.73. The number of halogens is 1. The summed E-state index contributed by atoms with van der Waals surface area (Å²) in [6, 6.07) is 1.83. The van der Waals surface area contributed by atoms with Crippen LogP contribution in [-0.4, -0.2) is 9.97 Å². The summed E-state index contributed by atoms with van der Waals surface area (Å²) in [6.07, 6.45) is 3.16. The molecule has 50 valence electrons. The van der Waals surface area contributed by atoms with E-state index in [1.807, 2.05) is 6.07 Å². The Balaban J connectivity index is 2.88. The van der Waals surface area contributed by atoms with Gasteiger partial charge in [0.25, 0.3) is 0 Å². The molecule has 2 heterocycles. The quantitative estimate of drug-likeness (QED) is 0.651. The Morgan fingerprint density at radius 2 is 2.40 bits per heavy atom. The fraction of sp³-hybridized carbons (Fsp3) is 0. The van der Waals surface area contributed by atoms with Crippen LogP contribution in [0.15, 0.2) is 27.7 Å². The van der Waals surface area contributed by atoms with Gasteiger partial charge in [0.15, 0.2) is 4.67 Å². The summed E-state index contributed by atoms with van der Waals surface area (Å²) in [6.45, 7) is 0. The largest absolute Gasteiger partial charge is 0.431 e. The molecule has 2 aromatic heterocycles. The SMILES string of the molecule is Brc1cc2cncnc2o1. The van der Waals surface area contributed by atoms with Gasteiger partial charge in [-0.05, 0) is 15.9 Å². The van der Waals surface area contributed by atoms with Crippen LogP contribution in [0.5, 0.6) is 0 Å². The molecule has 0 spiro atoms. The van der Waals surface area contributed by atoms with Crippen LogP contribution in [-0.2, 0) is 0 Å². The van der Waals surface area contributed by atoms with Crippen LogP contribution in [0.4, 0.5) is 0 Å². The van der Waals surface area contributed by atoms with E-state index in [0.29, 0.717) is 10.4 Å². The lowest BCUT2D eigenvalue weighted by Gasteiger charge is -1.80. The van der Waals surface area contributed by atoms with E-state index in [1.165, 1.54) is 6.33 Å². The first kappa shape index (κ1) is 5.85. The molecular weight excluding hydrogens is 196 g/mol. The Kier molecular flexibility index (Phi) is 1.20. The van der Waals surface area contributed by atoms with Crippen LogP contribution in [0.25, 0.3) is 11.1 Å². The van der Waals surface area contributed by atoms with Crippen molar-refractivity contribution in [2.24, 2.45) is 0 Å². The van der Waals surface area contributed by atoms with E-state index in [0.717, 1.165) is 5.39 Å². The number of hydrogen-bond donors (Lipinski definition) is 0. The molecule has 0 aliphatic heterocycles. The van der Waals surface area contributed by atoms with Crippen molar-refractivity contribution in [1.29, 1.82) is 0 Å². The molecule has 0 saturated carbocycles. The minimum absolute atomic E-state index is 0.613. The molecule has 0 aliphatic rings. The van der Waals surface area contributed by atoms with Gasteiger partial charge < -0.3 is 4.42 Å². The minimum Gasteiger partial charge on any atom is -0.431 e. The van der Waals surface area contributed by atoms with Gasteiger partial charge >= 0.3 is 0 Å². The number of aromatic nitrogens is 2. The summed E-state index contributed by atoms with van der Waals surface area (Å²) in [7, 11) is 0. The lowest BCUT2D eigenvalue weighted by Crippen LogP contribution is -1.72. The highest BCUT2D eigenvalue weighted by Gasteiger charge is 1.99. The number of furan rings is 1. The summed E-state index contributed by atoms with van der Waals surface area (Å²) >= 11 is 3.19. The van der Waals surface area contributed by atoms with Crippen molar-refractivity contribution in [3.05, 3.63) is 23.3 Å². The Bertz CT molecular complexity index is 324. The minimum atomic E-state index is 0.613. The molecule has 2 aromatic rings.